The van der Waals surface area contributed by atoms with Gasteiger partial charge in [0.25, 0.3) is 5.92 Å². The van der Waals surface area contributed by atoms with Crippen LogP contribution in [0.15, 0.2) is 30.6 Å². The molecule has 1 saturated heterocycles. The van der Waals surface area contributed by atoms with E-state index >= 15 is 0 Å². The predicted molar refractivity (Wildman–Crippen MR) is 101 cm³/mol. The molecule has 2 amide bonds. The van der Waals surface area contributed by atoms with Gasteiger partial charge in [0.2, 0.25) is 0 Å². The SMILES string of the molecule is O=C(Nc1cnc(N2CCC(F)(F)CC2)c(F)c1)Nc1c[nH]c2cc(F)c(F)cc12. The zero-order chi connectivity index (χ0) is 21.5. The molecule has 30 heavy (non-hydrogen) atoms. The molecule has 1 aromatic carbocycles. The lowest BCUT2D eigenvalue weighted by Crippen LogP contribution is -2.40. The third-order valence-corrected chi connectivity index (χ3v) is 4.84. The molecule has 3 N–H and O–H groups in total. The van der Waals surface area contributed by atoms with Crippen LogP contribution in [-0.4, -0.2) is 35.0 Å². The number of anilines is 3. The number of rotatable bonds is 3. The number of hydrogen-bond donors (Lipinski definition) is 3. The van der Waals surface area contributed by atoms with Gasteiger partial charge in [-0.05, 0) is 6.07 Å². The summed E-state index contributed by atoms with van der Waals surface area (Å²) in [5.41, 5.74) is 0.516. The molecule has 0 spiro atoms. The second-order valence-electron chi connectivity index (χ2n) is 6.97. The molecule has 11 heteroatoms. The summed E-state index contributed by atoms with van der Waals surface area (Å²) in [6.07, 6.45) is 1.80. The van der Waals surface area contributed by atoms with Crippen LogP contribution in [0.3, 0.4) is 0 Å². The highest BCUT2D eigenvalue weighted by Gasteiger charge is 2.35. The number of H-pyrrole nitrogens is 1. The summed E-state index contributed by atoms with van der Waals surface area (Å²) in [6, 6.07) is 2.17. The topological polar surface area (TPSA) is 73.1 Å². The lowest BCUT2D eigenvalue weighted by Gasteiger charge is -2.32. The minimum absolute atomic E-state index is 0.0259. The fourth-order valence-electron chi connectivity index (χ4n) is 3.28. The zero-order valence-corrected chi connectivity index (χ0v) is 15.4. The van der Waals surface area contributed by atoms with Crippen molar-refractivity contribution in [1.82, 2.24) is 9.97 Å². The molecule has 1 aliphatic rings. The standard InChI is InChI=1S/C19H16F5N5O/c20-12-6-11-15(7-13(12)21)25-9-16(11)28-18(30)27-10-5-14(22)17(26-8-10)29-3-1-19(23,24)2-4-29/h5-9,25H,1-4H2,(H2,27,28,30). The molecule has 0 radical (unpaired) electrons. The second-order valence-corrected chi connectivity index (χ2v) is 6.97. The van der Waals surface area contributed by atoms with Crippen LogP contribution in [-0.2, 0) is 0 Å². The van der Waals surface area contributed by atoms with Gasteiger partial charge in [-0.2, -0.15) is 0 Å². The summed E-state index contributed by atoms with van der Waals surface area (Å²) in [5, 5.41) is 5.09. The summed E-state index contributed by atoms with van der Waals surface area (Å²) in [6.45, 7) is -0.0518. The minimum atomic E-state index is -2.76. The third kappa shape index (κ3) is 4.00. The van der Waals surface area contributed by atoms with E-state index in [0.29, 0.717) is 0 Å². The molecule has 2 aromatic heterocycles. The summed E-state index contributed by atoms with van der Waals surface area (Å²) < 4.78 is 67.6. The highest BCUT2D eigenvalue weighted by atomic mass is 19.3. The van der Waals surface area contributed by atoms with Gasteiger partial charge in [0, 0.05) is 49.6 Å². The van der Waals surface area contributed by atoms with Gasteiger partial charge in [0.15, 0.2) is 23.3 Å². The van der Waals surface area contributed by atoms with Gasteiger partial charge < -0.3 is 20.5 Å². The largest absolute Gasteiger partial charge is 0.359 e. The fraction of sp³-hybridized carbons (Fsp3) is 0.263. The Balaban J connectivity index is 1.44. The number of halogens is 5. The number of nitrogens with zero attached hydrogens (tertiary/aromatic N) is 2. The van der Waals surface area contributed by atoms with Gasteiger partial charge in [-0.1, -0.05) is 0 Å². The number of carbonyl (C=O) groups is 1. The van der Waals surface area contributed by atoms with Crippen LogP contribution in [0.5, 0.6) is 0 Å². The lowest BCUT2D eigenvalue weighted by atomic mass is 10.1. The summed E-state index contributed by atoms with van der Waals surface area (Å²) in [7, 11) is 0. The van der Waals surface area contributed by atoms with E-state index in [2.05, 4.69) is 20.6 Å². The normalized spacial score (nSPS) is 16.0. The monoisotopic (exact) mass is 425 g/mol. The average Bonchev–Trinajstić information content (AvgIpc) is 3.04. The van der Waals surface area contributed by atoms with Gasteiger partial charge >= 0.3 is 6.03 Å². The van der Waals surface area contributed by atoms with Crippen molar-refractivity contribution in [3.05, 3.63) is 48.0 Å². The number of aromatic amines is 1. The van der Waals surface area contributed by atoms with Crippen LogP contribution in [0, 0.1) is 17.5 Å². The summed E-state index contributed by atoms with van der Waals surface area (Å²) >= 11 is 0. The molecule has 158 valence electrons. The van der Waals surface area contributed by atoms with E-state index in [1.165, 1.54) is 17.3 Å². The lowest BCUT2D eigenvalue weighted by molar-refractivity contribution is -0.0222. The number of amides is 2. The van der Waals surface area contributed by atoms with E-state index in [-0.39, 0.29) is 54.0 Å². The molecule has 0 unspecified atom stereocenters. The van der Waals surface area contributed by atoms with E-state index < -0.39 is 29.4 Å². The van der Waals surface area contributed by atoms with Crippen LogP contribution in [0.25, 0.3) is 10.9 Å². The van der Waals surface area contributed by atoms with Crippen LogP contribution >= 0.6 is 0 Å². The van der Waals surface area contributed by atoms with E-state index in [1.54, 1.807) is 0 Å². The molecule has 0 atom stereocenters. The maximum absolute atomic E-state index is 14.4. The predicted octanol–water partition coefficient (Wildman–Crippen LogP) is 4.86. The second kappa shape index (κ2) is 7.47. The van der Waals surface area contributed by atoms with Crippen molar-refractivity contribution in [1.29, 1.82) is 0 Å². The number of pyridine rings is 1. The first-order chi connectivity index (χ1) is 14.2. The quantitative estimate of drug-likeness (QED) is 0.525. The van der Waals surface area contributed by atoms with Crippen molar-refractivity contribution in [3.8, 4) is 0 Å². The van der Waals surface area contributed by atoms with Gasteiger partial charge in [0.1, 0.15) is 0 Å². The minimum Gasteiger partial charge on any atom is -0.359 e. The number of nitrogens with one attached hydrogen (secondary N) is 3. The van der Waals surface area contributed by atoms with Crippen molar-refractivity contribution in [2.24, 2.45) is 0 Å². The van der Waals surface area contributed by atoms with E-state index in [1.807, 2.05) is 0 Å². The highest BCUT2D eigenvalue weighted by Crippen LogP contribution is 2.31. The molecule has 0 saturated carbocycles. The van der Waals surface area contributed by atoms with Crippen molar-refractivity contribution in [3.63, 3.8) is 0 Å². The first-order valence-electron chi connectivity index (χ1n) is 9.04. The van der Waals surface area contributed by atoms with Gasteiger partial charge in [0.05, 0.1) is 23.1 Å². The van der Waals surface area contributed by atoms with Crippen molar-refractivity contribution < 1.29 is 26.7 Å². The molecule has 1 aliphatic heterocycles. The maximum atomic E-state index is 14.4. The van der Waals surface area contributed by atoms with Crippen LogP contribution in [0.1, 0.15) is 12.8 Å². The van der Waals surface area contributed by atoms with Crippen molar-refractivity contribution in [2.75, 3.05) is 28.6 Å². The Bertz CT molecular complexity index is 1110. The van der Waals surface area contributed by atoms with Gasteiger partial charge in [-0.3, -0.25) is 0 Å². The molecular formula is C19H16F5N5O. The third-order valence-electron chi connectivity index (χ3n) is 4.84. The number of fused-ring (bicyclic) bond motifs is 1. The van der Waals surface area contributed by atoms with Crippen molar-refractivity contribution in [2.45, 2.75) is 18.8 Å². The Labute approximate surface area is 167 Å². The number of carbonyl (C=O) groups excluding carboxylic acids is 1. The molecule has 3 aromatic rings. The number of aromatic nitrogens is 2. The van der Waals surface area contributed by atoms with Crippen LogP contribution in [0.4, 0.5) is 43.9 Å². The average molecular weight is 425 g/mol. The smallest absolute Gasteiger partial charge is 0.323 e. The van der Waals surface area contributed by atoms with Crippen LogP contribution in [0.2, 0.25) is 0 Å². The zero-order valence-electron chi connectivity index (χ0n) is 15.4. The molecule has 6 nitrogen and oxygen atoms in total. The van der Waals surface area contributed by atoms with E-state index in [4.69, 9.17) is 0 Å². The maximum Gasteiger partial charge on any atom is 0.323 e. The molecule has 0 aliphatic carbocycles. The molecular weight excluding hydrogens is 409 g/mol. The molecule has 3 heterocycles. The molecule has 0 bridgehead atoms. The highest BCUT2D eigenvalue weighted by molar-refractivity contribution is 6.05. The Hall–Kier alpha value is -3.37. The summed E-state index contributed by atoms with van der Waals surface area (Å²) in [5.74, 6) is -5.68. The number of benzene rings is 1. The first-order valence-corrected chi connectivity index (χ1v) is 9.04. The summed E-state index contributed by atoms with van der Waals surface area (Å²) in [4.78, 5) is 20.3. The number of urea groups is 1. The number of alkyl halides is 2. The van der Waals surface area contributed by atoms with Gasteiger partial charge in [-0.25, -0.2) is 31.7 Å². The Morgan fingerprint density at radius 3 is 2.43 bits per heavy atom. The van der Waals surface area contributed by atoms with E-state index in [0.717, 1.165) is 18.2 Å². The first kappa shape index (κ1) is 19.9. The van der Waals surface area contributed by atoms with E-state index in [9.17, 15) is 26.7 Å². The molecule has 4 rings (SSSR count). The fourth-order valence-corrected chi connectivity index (χ4v) is 3.28. The number of hydrogen-bond acceptors (Lipinski definition) is 3. The molecule has 1 fully saturated rings. The van der Waals surface area contributed by atoms with Crippen LogP contribution < -0.4 is 15.5 Å². The van der Waals surface area contributed by atoms with Crippen molar-refractivity contribution >= 4 is 34.1 Å². The Kier molecular flexibility index (Phi) is 4.96. The Morgan fingerprint density at radius 1 is 1.03 bits per heavy atom. The number of piperidine rings is 1. The van der Waals surface area contributed by atoms with Gasteiger partial charge in [-0.15, -0.1) is 0 Å². The Morgan fingerprint density at radius 2 is 1.73 bits per heavy atom.